The number of aliphatic imine (C=N–C) groups is 1. The highest BCUT2D eigenvalue weighted by molar-refractivity contribution is 14.0. The first-order valence-electron chi connectivity index (χ1n) is 9.24. The van der Waals surface area contributed by atoms with E-state index in [1.54, 1.807) is 14.1 Å². The Kier molecular flexibility index (Phi) is 11.1. The molecule has 1 unspecified atom stereocenters. The Morgan fingerprint density at radius 3 is 2.50 bits per heavy atom. The molecule has 0 aliphatic carbocycles. The molecule has 2 aromatic rings. The first-order valence-corrected chi connectivity index (χ1v) is 9.24. The molecule has 0 saturated heterocycles. The third-order valence-corrected chi connectivity index (χ3v) is 4.07. The van der Waals surface area contributed by atoms with Crippen molar-refractivity contribution in [2.75, 3.05) is 33.8 Å². The van der Waals surface area contributed by atoms with Gasteiger partial charge >= 0.3 is 0 Å². The summed E-state index contributed by atoms with van der Waals surface area (Å²) in [7, 11) is 3.33. The van der Waals surface area contributed by atoms with Gasteiger partial charge < -0.3 is 20.3 Å². The van der Waals surface area contributed by atoms with Crippen molar-refractivity contribution in [3.8, 4) is 5.75 Å². The van der Waals surface area contributed by atoms with Gasteiger partial charge in [0.1, 0.15) is 19.0 Å². The predicted molar refractivity (Wildman–Crippen MR) is 124 cm³/mol. The molecule has 30 heavy (non-hydrogen) atoms. The van der Waals surface area contributed by atoms with E-state index in [1.165, 1.54) is 11.0 Å². The van der Waals surface area contributed by atoms with Crippen molar-refractivity contribution in [2.24, 2.45) is 4.99 Å². The molecular weight excluding hydrogens is 505 g/mol. The molecule has 0 radical (unpaired) electrons. The van der Waals surface area contributed by atoms with Crippen LogP contribution in [0.15, 0.2) is 53.5 Å². The van der Waals surface area contributed by atoms with Gasteiger partial charge in [-0.15, -0.1) is 24.0 Å². The molecule has 0 aliphatic rings. The molecule has 0 fully saturated rings. The van der Waals surface area contributed by atoms with E-state index in [4.69, 9.17) is 4.74 Å². The highest BCUT2D eigenvalue weighted by Gasteiger charge is 2.10. The second-order valence-corrected chi connectivity index (χ2v) is 6.58. The Labute approximate surface area is 192 Å². The molecule has 6 nitrogen and oxygen atoms in total. The van der Waals surface area contributed by atoms with Crippen LogP contribution in [-0.2, 0) is 4.79 Å². The molecule has 164 valence electrons. The van der Waals surface area contributed by atoms with E-state index in [2.05, 4.69) is 15.6 Å². The van der Waals surface area contributed by atoms with Gasteiger partial charge in [-0.2, -0.15) is 0 Å². The van der Waals surface area contributed by atoms with E-state index in [9.17, 15) is 13.6 Å². The van der Waals surface area contributed by atoms with Crippen molar-refractivity contribution in [3.63, 3.8) is 0 Å². The minimum atomic E-state index is -0.758. The van der Waals surface area contributed by atoms with E-state index in [-0.39, 0.29) is 54.8 Å². The Morgan fingerprint density at radius 2 is 1.87 bits per heavy atom. The van der Waals surface area contributed by atoms with Crippen molar-refractivity contribution in [1.82, 2.24) is 15.5 Å². The molecule has 0 saturated carbocycles. The van der Waals surface area contributed by atoms with Gasteiger partial charge in [0, 0.05) is 20.2 Å². The lowest BCUT2D eigenvalue weighted by molar-refractivity contribution is -0.127. The summed E-state index contributed by atoms with van der Waals surface area (Å²) in [5.74, 6) is -1.15. The lowest BCUT2D eigenvalue weighted by Crippen LogP contribution is -2.41. The van der Waals surface area contributed by atoms with Gasteiger partial charge in [0.2, 0.25) is 5.91 Å². The van der Waals surface area contributed by atoms with Gasteiger partial charge in [-0.25, -0.2) is 13.8 Å². The van der Waals surface area contributed by atoms with Crippen molar-refractivity contribution in [3.05, 3.63) is 65.7 Å². The Balaban J connectivity index is 0.00000450. The molecule has 0 spiro atoms. The minimum Gasteiger partial charge on any atom is -0.489 e. The summed E-state index contributed by atoms with van der Waals surface area (Å²) in [6, 6.07) is 12.9. The highest BCUT2D eigenvalue weighted by Crippen LogP contribution is 2.17. The third kappa shape index (κ3) is 8.52. The molecule has 0 aromatic heterocycles. The summed E-state index contributed by atoms with van der Waals surface area (Å²) in [5, 5.41) is 6.30. The number of carbonyl (C=O) groups is 1. The van der Waals surface area contributed by atoms with Crippen LogP contribution < -0.4 is 15.4 Å². The SMILES string of the molecule is CC(NC(=NCC(=O)N(C)C)NCCOc1ccc(F)cc1F)c1ccccc1.I. The summed E-state index contributed by atoms with van der Waals surface area (Å²) in [6.07, 6.45) is 0. The van der Waals surface area contributed by atoms with Crippen LogP contribution in [0.2, 0.25) is 0 Å². The predicted octanol–water partition coefficient (Wildman–Crippen LogP) is 3.35. The maximum Gasteiger partial charge on any atom is 0.243 e. The Bertz CT molecular complexity index is 835. The monoisotopic (exact) mass is 532 g/mol. The van der Waals surface area contributed by atoms with Crippen LogP contribution in [0.4, 0.5) is 8.78 Å². The van der Waals surface area contributed by atoms with Crippen molar-refractivity contribution in [1.29, 1.82) is 0 Å². The van der Waals surface area contributed by atoms with Gasteiger partial charge in [-0.05, 0) is 24.6 Å². The summed E-state index contributed by atoms with van der Waals surface area (Å²) in [4.78, 5) is 17.6. The molecule has 0 bridgehead atoms. The van der Waals surface area contributed by atoms with Gasteiger partial charge in [0.25, 0.3) is 0 Å². The van der Waals surface area contributed by atoms with E-state index >= 15 is 0 Å². The van der Waals surface area contributed by atoms with Crippen LogP contribution >= 0.6 is 24.0 Å². The lowest BCUT2D eigenvalue weighted by Gasteiger charge is -2.19. The van der Waals surface area contributed by atoms with Gasteiger partial charge in [0.05, 0.1) is 12.6 Å². The molecule has 2 rings (SSSR count). The maximum absolute atomic E-state index is 13.6. The van der Waals surface area contributed by atoms with Crippen LogP contribution in [0.5, 0.6) is 5.75 Å². The number of hydrogen-bond acceptors (Lipinski definition) is 3. The number of carbonyl (C=O) groups excluding carboxylic acids is 1. The summed E-state index contributed by atoms with van der Waals surface area (Å²) in [6.45, 7) is 2.40. The molecule has 9 heteroatoms. The number of ether oxygens (including phenoxy) is 1. The molecule has 1 atom stereocenters. The van der Waals surface area contributed by atoms with Crippen LogP contribution in [-0.4, -0.2) is 50.6 Å². The fourth-order valence-corrected chi connectivity index (χ4v) is 2.39. The number of benzene rings is 2. The van der Waals surface area contributed by atoms with E-state index in [1.807, 2.05) is 37.3 Å². The summed E-state index contributed by atoms with van der Waals surface area (Å²) < 4.78 is 31.9. The molecule has 2 aromatic carbocycles. The molecule has 1 amide bonds. The average Bonchev–Trinajstić information content (AvgIpc) is 2.70. The number of nitrogens with one attached hydrogen (secondary N) is 2. The fourth-order valence-electron chi connectivity index (χ4n) is 2.39. The highest BCUT2D eigenvalue weighted by atomic mass is 127. The number of halogens is 3. The molecular formula is C21H27F2IN4O2. The zero-order valence-corrected chi connectivity index (χ0v) is 19.5. The van der Waals surface area contributed by atoms with E-state index in [0.29, 0.717) is 12.5 Å². The van der Waals surface area contributed by atoms with Crippen LogP contribution in [0.1, 0.15) is 18.5 Å². The maximum atomic E-state index is 13.6. The van der Waals surface area contributed by atoms with Crippen molar-refractivity contribution < 1.29 is 18.3 Å². The number of guanidine groups is 1. The van der Waals surface area contributed by atoms with Gasteiger partial charge in [-0.3, -0.25) is 4.79 Å². The second kappa shape index (κ2) is 13.0. The third-order valence-electron chi connectivity index (χ3n) is 4.07. The smallest absolute Gasteiger partial charge is 0.243 e. The molecule has 0 heterocycles. The summed E-state index contributed by atoms with van der Waals surface area (Å²) in [5.41, 5.74) is 1.06. The number of likely N-dealkylation sites (N-methyl/N-ethyl adjacent to an activating group) is 1. The first kappa shape index (κ1) is 25.6. The van der Waals surface area contributed by atoms with E-state index < -0.39 is 11.6 Å². The first-order chi connectivity index (χ1) is 13.9. The zero-order valence-electron chi connectivity index (χ0n) is 17.2. The Hall–Kier alpha value is -2.43. The van der Waals surface area contributed by atoms with Crippen LogP contribution in [0, 0.1) is 11.6 Å². The largest absolute Gasteiger partial charge is 0.489 e. The van der Waals surface area contributed by atoms with E-state index in [0.717, 1.165) is 17.7 Å². The standard InChI is InChI=1S/C21H26F2N4O2.HI/c1-15(16-7-5-4-6-8-16)26-21(25-14-20(28)27(2)3)24-11-12-29-19-10-9-17(22)13-18(19)23;/h4-10,13,15H,11-12,14H2,1-3H3,(H2,24,25,26);1H. The van der Waals surface area contributed by atoms with Crippen molar-refractivity contribution in [2.45, 2.75) is 13.0 Å². The van der Waals surface area contributed by atoms with Crippen LogP contribution in [0.3, 0.4) is 0 Å². The lowest BCUT2D eigenvalue weighted by atomic mass is 10.1. The number of rotatable bonds is 8. The quantitative estimate of drug-likeness (QED) is 0.237. The normalized spacial score (nSPS) is 11.8. The number of amides is 1. The Morgan fingerprint density at radius 1 is 1.17 bits per heavy atom. The number of nitrogens with zero attached hydrogens (tertiary/aromatic N) is 2. The van der Waals surface area contributed by atoms with Crippen molar-refractivity contribution >= 4 is 35.8 Å². The fraction of sp³-hybridized carbons (Fsp3) is 0.333. The topological polar surface area (TPSA) is 66.0 Å². The van der Waals surface area contributed by atoms with Crippen LogP contribution in [0.25, 0.3) is 0 Å². The molecule has 2 N–H and O–H groups in total. The average molecular weight is 532 g/mol. The number of hydrogen-bond donors (Lipinski definition) is 2. The summed E-state index contributed by atoms with van der Waals surface area (Å²) >= 11 is 0. The second-order valence-electron chi connectivity index (χ2n) is 6.58. The molecule has 0 aliphatic heterocycles. The zero-order chi connectivity index (χ0) is 21.2. The van der Waals surface area contributed by atoms with Gasteiger partial charge in [-0.1, -0.05) is 30.3 Å². The van der Waals surface area contributed by atoms with Gasteiger partial charge in [0.15, 0.2) is 17.5 Å². The minimum absolute atomic E-state index is 0.